The third-order valence-electron chi connectivity index (χ3n) is 22.2. The highest BCUT2D eigenvalue weighted by molar-refractivity contribution is 6.04. The highest BCUT2D eigenvalue weighted by Crippen LogP contribution is 2.57. The first-order valence-corrected chi connectivity index (χ1v) is 39.0. The SMILES string of the molecule is CCOC(=O)c1nnc(Cc2ccccc2)o1.CN1C(=O)[C@@H](N)C2C[C@H]2c2cccnc21.CN1C(=O)[C@@H](NC(=O)c2nnc(Cc3ccccc3)o2)C2C[C@H]2c2cccnc21.CN1C(=O)[C@@H](NC(=O)c2nnc(Cc3ccccc3)o2)C2C[C@H]2c2cccnc21.CN1C(=O)[C@H](NC(=O)c2nnc(Cc3ccccc3)o2)[C@@H]2C[C@@H]2c2cccnc21. The number of esters is 1. The molecule has 4 saturated carbocycles. The van der Waals surface area contributed by atoms with E-state index in [0.717, 1.165) is 70.4 Å². The van der Waals surface area contributed by atoms with Crippen LogP contribution in [0.25, 0.3) is 0 Å². The second-order valence-corrected chi connectivity index (χ2v) is 30.0. The number of amides is 7. The number of hydrogen-bond acceptors (Lipinski definition) is 26. The molecule has 12 aromatic rings. The van der Waals surface area contributed by atoms with E-state index in [0.29, 0.717) is 78.5 Å². The second-order valence-electron chi connectivity index (χ2n) is 30.0. The number of aromatic nitrogens is 12. The van der Waals surface area contributed by atoms with E-state index in [1.54, 1.807) is 64.8 Å². The highest BCUT2D eigenvalue weighted by atomic mass is 16.5. The maximum atomic E-state index is 13.0. The van der Waals surface area contributed by atoms with Crippen LogP contribution in [-0.4, -0.2) is 167 Å². The number of hydrogen-bond donors (Lipinski definition) is 4. The van der Waals surface area contributed by atoms with Gasteiger partial charge in [0.1, 0.15) is 41.4 Å². The van der Waals surface area contributed by atoms with E-state index in [-0.39, 0.29) is 95.3 Å². The van der Waals surface area contributed by atoms with Gasteiger partial charge in [0.05, 0.1) is 38.3 Å². The average molecular weight is 1600 g/mol. The summed E-state index contributed by atoms with van der Waals surface area (Å²) in [6, 6.07) is 52.0. The molecular formula is C86H82N20O13. The molecule has 20 rings (SSSR count). The lowest BCUT2D eigenvalue weighted by Gasteiger charge is -2.22. The molecule has 12 atom stereocenters. The van der Waals surface area contributed by atoms with Crippen LogP contribution in [0, 0.1) is 23.7 Å². The standard InChI is InChI=1S/3C21H19N5O3.C12H12N2O3.C11H13N3O/c3*1-26-18-13(8-5-9-22-18)14-11-15(14)17(21(26)28)23-19(27)20-25-24-16(29-20)10-12-6-3-2-4-7-12;1-2-16-12(15)11-14-13-10(17-11)8-9-6-4-3-5-7-9;1-14-10-6(3-2-4-13-10)7-5-8(7)9(12)11(14)15/h3*2-9,14-15,17H,10-11H2,1H3,(H,23,27);3-7H,2,8H2,1H3;2-4,7-9H,5,12H2,1H3/t2*14-,15?,17-;14-,15-,17-;;7-,8?,9-/m001.0/s1. The van der Waals surface area contributed by atoms with Crippen molar-refractivity contribution in [2.45, 2.75) is 106 Å². The van der Waals surface area contributed by atoms with Gasteiger partial charge in [-0.2, -0.15) is 0 Å². The molecule has 604 valence electrons. The van der Waals surface area contributed by atoms with E-state index < -0.39 is 41.8 Å². The molecule has 33 nitrogen and oxygen atoms in total. The Morgan fingerprint density at radius 3 is 0.916 bits per heavy atom. The molecule has 0 bridgehead atoms. The summed E-state index contributed by atoms with van der Waals surface area (Å²) in [5.74, 6) is 2.50. The van der Waals surface area contributed by atoms with Gasteiger partial charge in [0.25, 0.3) is 17.7 Å². The largest absolute Gasteiger partial charge is 0.459 e. The summed E-state index contributed by atoms with van der Waals surface area (Å²) in [4.78, 5) is 124. The molecule has 12 heterocycles. The summed E-state index contributed by atoms with van der Waals surface area (Å²) in [7, 11) is 6.80. The van der Waals surface area contributed by atoms with Gasteiger partial charge >= 0.3 is 47.3 Å². The lowest BCUT2D eigenvalue weighted by Crippen LogP contribution is -2.48. The van der Waals surface area contributed by atoms with Crippen molar-refractivity contribution in [3.05, 3.63) is 286 Å². The van der Waals surface area contributed by atoms with Crippen LogP contribution in [-0.2, 0) is 49.6 Å². The van der Waals surface area contributed by atoms with Crippen molar-refractivity contribution >= 4 is 70.6 Å². The van der Waals surface area contributed by atoms with E-state index in [9.17, 15) is 38.4 Å². The van der Waals surface area contributed by atoms with Crippen molar-refractivity contribution in [1.82, 2.24) is 76.7 Å². The lowest BCUT2D eigenvalue weighted by atomic mass is 10.1. The number of rotatable bonds is 16. The van der Waals surface area contributed by atoms with Crippen molar-refractivity contribution in [2.75, 3.05) is 54.4 Å². The number of carbonyl (C=O) groups excluding carboxylic acids is 8. The topological polar surface area (TPSA) is 428 Å². The Labute approximate surface area is 681 Å². The summed E-state index contributed by atoms with van der Waals surface area (Å²) in [6.45, 7) is 2.01. The maximum Gasteiger partial charge on any atom is 0.396 e. The molecule has 0 spiro atoms. The molecule has 4 aliphatic carbocycles. The predicted octanol–water partition coefficient (Wildman–Crippen LogP) is 8.13. The molecule has 33 heteroatoms. The molecular weight excluding hydrogens is 1520 g/mol. The fourth-order valence-corrected chi connectivity index (χ4v) is 15.8. The fraction of sp³-hybridized carbons (Fsp3) is 0.302. The van der Waals surface area contributed by atoms with Gasteiger partial charge in [-0.3, -0.25) is 53.2 Å². The first-order valence-electron chi connectivity index (χ1n) is 39.0. The molecule has 4 fully saturated rings. The predicted molar refractivity (Wildman–Crippen MR) is 426 cm³/mol. The van der Waals surface area contributed by atoms with Crippen LogP contribution >= 0.6 is 0 Å². The summed E-state index contributed by atoms with van der Waals surface area (Å²) >= 11 is 0. The molecule has 5 N–H and O–H groups in total. The number of pyridine rings is 4. The van der Waals surface area contributed by atoms with Gasteiger partial charge in [-0.15, -0.1) is 40.8 Å². The zero-order valence-electron chi connectivity index (χ0n) is 65.3. The summed E-state index contributed by atoms with van der Waals surface area (Å²) in [5, 5.41) is 39.3. The van der Waals surface area contributed by atoms with Crippen LogP contribution in [0.1, 0.15) is 167 Å². The van der Waals surface area contributed by atoms with Crippen molar-refractivity contribution in [3.8, 4) is 0 Å². The summed E-state index contributed by atoms with van der Waals surface area (Å²) < 4.78 is 26.5. The number of benzene rings is 4. The lowest BCUT2D eigenvalue weighted by molar-refractivity contribution is -0.121. The first kappa shape index (κ1) is 78.6. The Balaban J connectivity index is 0.000000114. The van der Waals surface area contributed by atoms with Crippen molar-refractivity contribution in [3.63, 3.8) is 0 Å². The van der Waals surface area contributed by atoms with Crippen LogP contribution in [0.2, 0.25) is 0 Å². The van der Waals surface area contributed by atoms with Crippen LogP contribution in [0.15, 0.2) is 212 Å². The second kappa shape index (κ2) is 34.3. The Bertz CT molecular complexity index is 5320. The number of likely N-dealkylation sites (N-methyl/N-ethyl adjacent to an activating group) is 4. The number of fused-ring (bicyclic) bond motifs is 12. The average Bonchev–Trinajstić information content (AvgIpc) is 1.60. The van der Waals surface area contributed by atoms with Crippen LogP contribution < -0.4 is 41.3 Å². The molecule has 8 aliphatic rings. The monoisotopic (exact) mass is 1600 g/mol. The first-order chi connectivity index (χ1) is 57.8. The van der Waals surface area contributed by atoms with Crippen LogP contribution in [0.3, 0.4) is 0 Å². The number of anilines is 4. The van der Waals surface area contributed by atoms with Crippen molar-refractivity contribution in [1.29, 1.82) is 0 Å². The highest BCUT2D eigenvalue weighted by Gasteiger charge is 2.56. The number of ether oxygens (including phenoxy) is 1. The molecule has 0 saturated heterocycles. The van der Waals surface area contributed by atoms with Gasteiger partial charge in [-0.1, -0.05) is 146 Å². The van der Waals surface area contributed by atoms with E-state index in [1.165, 1.54) is 20.3 Å². The van der Waals surface area contributed by atoms with E-state index in [2.05, 4.69) is 82.7 Å². The molecule has 8 aromatic heterocycles. The minimum atomic E-state index is -0.642. The smallest absolute Gasteiger partial charge is 0.396 e. The molecule has 119 heavy (non-hydrogen) atoms. The number of nitrogens with two attached hydrogens (primary N) is 1. The van der Waals surface area contributed by atoms with Crippen molar-refractivity contribution < 1.29 is 60.8 Å². The van der Waals surface area contributed by atoms with Gasteiger partial charge in [0, 0.05) is 53.0 Å². The zero-order valence-corrected chi connectivity index (χ0v) is 65.3. The Kier molecular flexibility index (Phi) is 22.7. The number of nitrogens with one attached hydrogen (secondary N) is 3. The maximum absolute atomic E-state index is 13.0. The molecule has 3 unspecified atom stereocenters. The molecule has 7 amide bonds. The van der Waals surface area contributed by atoms with E-state index in [1.807, 2.05) is 164 Å². The minimum absolute atomic E-state index is 0.0139. The van der Waals surface area contributed by atoms with Crippen molar-refractivity contribution in [2.24, 2.45) is 29.4 Å². The van der Waals surface area contributed by atoms with Gasteiger partial charge in [-0.05, 0) is 149 Å². The van der Waals surface area contributed by atoms with Gasteiger partial charge in [0.2, 0.25) is 29.5 Å². The van der Waals surface area contributed by atoms with E-state index >= 15 is 0 Å². The summed E-state index contributed by atoms with van der Waals surface area (Å²) in [5.41, 5.74) is 14.3. The molecule has 4 aliphatic heterocycles. The fourth-order valence-electron chi connectivity index (χ4n) is 15.8. The number of nitrogens with zero attached hydrogens (tertiary/aromatic N) is 16. The summed E-state index contributed by atoms with van der Waals surface area (Å²) in [6.07, 6.45) is 12.1. The quantitative estimate of drug-likeness (QED) is 0.0663. The Morgan fingerprint density at radius 2 is 0.622 bits per heavy atom. The molecule has 4 aromatic carbocycles. The Morgan fingerprint density at radius 1 is 0.361 bits per heavy atom. The van der Waals surface area contributed by atoms with E-state index in [4.69, 9.17) is 28.1 Å². The van der Waals surface area contributed by atoms with Crippen LogP contribution in [0.5, 0.6) is 0 Å². The third-order valence-corrected chi connectivity index (χ3v) is 22.2. The van der Waals surface area contributed by atoms with Gasteiger partial charge in [0.15, 0.2) is 0 Å². The third kappa shape index (κ3) is 17.4. The van der Waals surface area contributed by atoms with Crippen LogP contribution in [0.4, 0.5) is 23.3 Å². The molecule has 0 radical (unpaired) electrons. The zero-order chi connectivity index (χ0) is 82.5. The number of carbonyl (C=O) groups is 8. The minimum Gasteiger partial charge on any atom is -0.459 e. The van der Waals surface area contributed by atoms with Gasteiger partial charge < -0.3 is 44.1 Å². The normalized spacial score (nSPS) is 22.0. The Hall–Kier alpha value is -14.2. The van der Waals surface area contributed by atoms with Gasteiger partial charge in [-0.25, -0.2) is 24.7 Å².